The van der Waals surface area contributed by atoms with Crippen LogP contribution in [0.1, 0.15) is 18.4 Å². The molecule has 1 aliphatic carbocycles. The zero-order valence-electron chi connectivity index (χ0n) is 11.8. The molecule has 1 atom stereocenters. The molecule has 0 bridgehead atoms. The summed E-state index contributed by atoms with van der Waals surface area (Å²) >= 11 is 0. The topological polar surface area (TPSA) is 53.3 Å². The van der Waals surface area contributed by atoms with Gasteiger partial charge in [0, 0.05) is 19.7 Å². The Bertz CT molecular complexity index is 477. The van der Waals surface area contributed by atoms with Crippen molar-refractivity contribution in [3.8, 4) is 6.07 Å². The van der Waals surface area contributed by atoms with Crippen LogP contribution in [0.5, 0.6) is 0 Å². The van der Waals surface area contributed by atoms with Crippen LogP contribution in [-0.2, 0) is 16.0 Å². The molecule has 106 valence electrons. The van der Waals surface area contributed by atoms with E-state index in [0.29, 0.717) is 25.6 Å². The maximum atomic E-state index is 12.5. The predicted octanol–water partition coefficient (Wildman–Crippen LogP) is 2.01. The molecule has 2 rings (SSSR count). The van der Waals surface area contributed by atoms with E-state index in [9.17, 15) is 10.1 Å². The summed E-state index contributed by atoms with van der Waals surface area (Å²) in [6, 6.07) is 12.2. The first kappa shape index (κ1) is 14.5. The predicted molar refractivity (Wildman–Crippen MR) is 75.9 cm³/mol. The van der Waals surface area contributed by atoms with E-state index in [1.54, 1.807) is 7.11 Å². The maximum absolute atomic E-state index is 12.5. The summed E-state index contributed by atoms with van der Waals surface area (Å²) in [5.74, 6) is -0.661. The number of carbonyl (C=O) groups excluding carboxylic acids is 1. The number of carbonyl (C=O) groups is 1. The third kappa shape index (κ3) is 3.82. The van der Waals surface area contributed by atoms with E-state index in [0.717, 1.165) is 18.4 Å². The Labute approximate surface area is 120 Å². The molecule has 1 aromatic carbocycles. The summed E-state index contributed by atoms with van der Waals surface area (Å²) in [6.07, 6.45) is 2.56. The van der Waals surface area contributed by atoms with Crippen LogP contribution in [0.2, 0.25) is 0 Å². The van der Waals surface area contributed by atoms with Crippen molar-refractivity contribution in [1.29, 1.82) is 5.26 Å². The zero-order valence-corrected chi connectivity index (χ0v) is 11.8. The van der Waals surface area contributed by atoms with Crippen molar-refractivity contribution in [2.45, 2.75) is 25.3 Å². The van der Waals surface area contributed by atoms with Crippen molar-refractivity contribution in [3.63, 3.8) is 0 Å². The minimum absolute atomic E-state index is 0.0593. The van der Waals surface area contributed by atoms with Gasteiger partial charge in [-0.1, -0.05) is 30.3 Å². The highest BCUT2D eigenvalue weighted by Gasteiger charge is 2.35. The molecule has 0 N–H and O–H groups in total. The van der Waals surface area contributed by atoms with E-state index in [-0.39, 0.29) is 5.91 Å². The number of rotatable bonds is 7. The molecule has 0 saturated heterocycles. The zero-order chi connectivity index (χ0) is 14.4. The lowest BCUT2D eigenvalue weighted by molar-refractivity contribution is -0.135. The second-order valence-corrected chi connectivity index (χ2v) is 5.13. The van der Waals surface area contributed by atoms with Gasteiger partial charge in [0.15, 0.2) is 0 Å². The smallest absolute Gasteiger partial charge is 0.240 e. The monoisotopic (exact) mass is 272 g/mol. The van der Waals surface area contributed by atoms with E-state index in [1.807, 2.05) is 35.2 Å². The molecule has 1 aliphatic rings. The van der Waals surface area contributed by atoms with Crippen LogP contribution in [0, 0.1) is 17.2 Å². The molecule has 1 aromatic rings. The highest BCUT2D eigenvalue weighted by atomic mass is 16.5. The third-order valence-electron chi connectivity index (χ3n) is 3.54. The highest BCUT2D eigenvalue weighted by Crippen LogP contribution is 2.28. The standard InChI is InChI=1S/C16H20N2O2/c1-20-10-9-18(15-7-8-15)16(19)14(12-17)11-13-5-3-2-4-6-13/h2-6,14-15H,7-11H2,1H3. The maximum Gasteiger partial charge on any atom is 0.240 e. The van der Waals surface area contributed by atoms with Gasteiger partial charge in [-0.2, -0.15) is 5.26 Å². The molecule has 4 nitrogen and oxygen atoms in total. The van der Waals surface area contributed by atoms with Crippen LogP contribution in [0.3, 0.4) is 0 Å². The van der Waals surface area contributed by atoms with Crippen LogP contribution < -0.4 is 0 Å². The number of hydrogen-bond donors (Lipinski definition) is 0. The van der Waals surface area contributed by atoms with Gasteiger partial charge in [-0.3, -0.25) is 4.79 Å². The van der Waals surface area contributed by atoms with Gasteiger partial charge in [0.1, 0.15) is 5.92 Å². The lowest BCUT2D eigenvalue weighted by Crippen LogP contribution is -2.40. The molecular weight excluding hydrogens is 252 g/mol. The van der Waals surface area contributed by atoms with Crippen molar-refractivity contribution >= 4 is 5.91 Å². The molecule has 0 aliphatic heterocycles. The Balaban J connectivity index is 2.01. The molecule has 1 saturated carbocycles. The Kier molecular flexibility index (Phi) is 5.14. The van der Waals surface area contributed by atoms with Crippen molar-refractivity contribution in [2.75, 3.05) is 20.3 Å². The van der Waals surface area contributed by atoms with Crippen LogP contribution >= 0.6 is 0 Å². The second-order valence-electron chi connectivity index (χ2n) is 5.13. The normalized spacial score (nSPS) is 15.4. The summed E-state index contributed by atoms with van der Waals surface area (Å²) < 4.78 is 5.06. The van der Waals surface area contributed by atoms with Crippen LogP contribution in [0.15, 0.2) is 30.3 Å². The Morgan fingerprint density at radius 2 is 2.15 bits per heavy atom. The van der Waals surface area contributed by atoms with Gasteiger partial charge in [0.2, 0.25) is 5.91 Å². The second kappa shape index (κ2) is 7.06. The lowest BCUT2D eigenvalue weighted by Gasteiger charge is -2.24. The molecule has 0 aromatic heterocycles. The number of methoxy groups -OCH3 is 1. The first-order valence-electron chi connectivity index (χ1n) is 6.99. The molecule has 1 amide bonds. The minimum Gasteiger partial charge on any atom is -0.383 e. The summed E-state index contributed by atoms with van der Waals surface area (Å²) in [7, 11) is 1.63. The van der Waals surface area contributed by atoms with E-state index in [4.69, 9.17) is 4.74 Å². The van der Waals surface area contributed by atoms with Gasteiger partial charge in [-0.15, -0.1) is 0 Å². The lowest BCUT2D eigenvalue weighted by atomic mass is 9.99. The molecule has 1 unspecified atom stereocenters. The fourth-order valence-electron chi connectivity index (χ4n) is 2.29. The number of ether oxygens (including phenoxy) is 1. The Morgan fingerprint density at radius 3 is 2.70 bits per heavy atom. The molecule has 1 fully saturated rings. The van der Waals surface area contributed by atoms with Crippen LogP contribution in [0.4, 0.5) is 0 Å². The van der Waals surface area contributed by atoms with Crippen LogP contribution in [0.25, 0.3) is 0 Å². The van der Waals surface area contributed by atoms with Gasteiger partial charge in [-0.05, 0) is 24.8 Å². The van der Waals surface area contributed by atoms with Gasteiger partial charge in [0.25, 0.3) is 0 Å². The van der Waals surface area contributed by atoms with Crippen molar-refractivity contribution in [3.05, 3.63) is 35.9 Å². The SMILES string of the molecule is COCCN(C(=O)C(C#N)Cc1ccccc1)C1CC1. The number of nitrogens with zero attached hydrogens (tertiary/aromatic N) is 2. The summed E-state index contributed by atoms with van der Waals surface area (Å²) in [5, 5.41) is 9.31. The minimum atomic E-state index is -0.602. The fourth-order valence-corrected chi connectivity index (χ4v) is 2.29. The molecule has 4 heteroatoms. The number of amides is 1. The van der Waals surface area contributed by atoms with E-state index in [2.05, 4.69) is 6.07 Å². The van der Waals surface area contributed by atoms with E-state index in [1.165, 1.54) is 0 Å². The number of nitriles is 1. The quantitative estimate of drug-likeness (QED) is 0.763. The summed E-state index contributed by atoms with van der Waals surface area (Å²) in [6.45, 7) is 1.10. The van der Waals surface area contributed by atoms with Gasteiger partial charge >= 0.3 is 0 Å². The third-order valence-corrected chi connectivity index (χ3v) is 3.54. The fraction of sp³-hybridized carbons (Fsp3) is 0.500. The molecule has 0 heterocycles. The molecule has 0 spiro atoms. The van der Waals surface area contributed by atoms with E-state index >= 15 is 0 Å². The van der Waals surface area contributed by atoms with Gasteiger partial charge in [-0.25, -0.2) is 0 Å². The number of benzene rings is 1. The van der Waals surface area contributed by atoms with Crippen LogP contribution in [-0.4, -0.2) is 37.1 Å². The average molecular weight is 272 g/mol. The van der Waals surface area contributed by atoms with Crippen molar-refractivity contribution in [2.24, 2.45) is 5.92 Å². The Hall–Kier alpha value is -1.86. The van der Waals surface area contributed by atoms with Crippen molar-refractivity contribution in [1.82, 2.24) is 4.90 Å². The van der Waals surface area contributed by atoms with E-state index < -0.39 is 5.92 Å². The average Bonchev–Trinajstić information content (AvgIpc) is 3.31. The summed E-state index contributed by atoms with van der Waals surface area (Å²) in [5.41, 5.74) is 1.02. The Morgan fingerprint density at radius 1 is 1.45 bits per heavy atom. The van der Waals surface area contributed by atoms with Gasteiger partial charge in [0.05, 0.1) is 12.7 Å². The molecule has 0 radical (unpaired) electrons. The largest absolute Gasteiger partial charge is 0.383 e. The first-order chi connectivity index (χ1) is 9.76. The van der Waals surface area contributed by atoms with Gasteiger partial charge < -0.3 is 9.64 Å². The summed E-state index contributed by atoms with van der Waals surface area (Å²) in [4.78, 5) is 14.3. The highest BCUT2D eigenvalue weighted by molar-refractivity contribution is 5.82. The first-order valence-corrected chi connectivity index (χ1v) is 6.99. The van der Waals surface area contributed by atoms with Crippen molar-refractivity contribution < 1.29 is 9.53 Å². The number of hydrogen-bond acceptors (Lipinski definition) is 3. The molecular formula is C16H20N2O2. The molecule has 20 heavy (non-hydrogen) atoms.